The average molecular weight is 288 g/mol. The Labute approximate surface area is 119 Å². The molecule has 0 saturated carbocycles. The summed E-state index contributed by atoms with van der Waals surface area (Å²) in [6.07, 6.45) is 0.530. The Morgan fingerprint density at radius 3 is 2.85 bits per heavy atom. The van der Waals surface area contributed by atoms with E-state index in [2.05, 4.69) is 0 Å². The third kappa shape index (κ3) is 2.10. The number of carbonyl (C=O) groups is 1. The number of aliphatic carboxylic acids is 1. The quantitative estimate of drug-likeness (QED) is 0.787. The minimum atomic E-state index is -0.947. The van der Waals surface area contributed by atoms with Crippen molar-refractivity contribution in [2.45, 2.75) is 19.3 Å². The molecule has 20 heavy (non-hydrogen) atoms. The molecule has 0 radical (unpaired) electrons. The van der Waals surface area contributed by atoms with E-state index in [4.69, 9.17) is 9.84 Å². The number of rotatable bonds is 2. The zero-order valence-corrected chi connectivity index (χ0v) is 11.6. The summed E-state index contributed by atoms with van der Waals surface area (Å²) in [5.74, 6) is -0.448. The first-order valence-electron chi connectivity index (χ1n) is 6.21. The van der Waals surface area contributed by atoms with Gasteiger partial charge in [0.05, 0.1) is 11.5 Å². The molecule has 0 aliphatic carbocycles. The Morgan fingerprint density at radius 2 is 2.10 bits per heavy atom. The number of ether oxygens (including phenoxy) is 1. The highest BCUT2D eigenvalue weighted by molar-refractivity contribution is 7.09. The SMILES string of the molecule is CC(C(=O)O)c1cc2c(c(=O)s1)Cc1ccccc1O2. The number of fused-ring (bicyclic) bond motifs is 2. The molecular formula is C15H12O4S. The van der Waals surface area contributed by atoms with Gasteiger partial charge in [0.2, 0.25) is 4.74 Å². The van der Waals surface area contributed by atoms with Crippen molar-refractivity contribution in [1.29, 1.82) is 0 Å². The molecule has 0 bridgehead atoms. The molecule has 1 N–H and O–H groups in total. The molecule has 1 unspecified atom stereocenters. The van der Waals surface area contributed by atoms with Gasteiger partial charge in [0, 0.05) is 11.3 Å². The number of benzene rings is 1. The molecule has 2 aromatic rings. The molecular weight excluding hydrogens is 276 g/mol. The van der Waals surface area contributed by atoms with E-state index in [1.165, 1.54) is 0 Å². The predicted octanol–water partition coefficient (Wildman–Crippen LogP) is 2.99. The van der Waals surface area contributed by atoms with E-state index in [0.717, 1.165) is 22.6 Å². The Hall–Kier alpha value is -2.14. The van der Waals surface area contributed by atoms with E-state index >= 15 is 0 Å². The molecule has 4 nitrogen and oxygen atoms in total. The molecule has 1 aromatic heterocycles. The maximum absolute atomic E-state index is 12.2. The van der Waals surface area contributed by atoms with Crippen LogP contribution in [0.1, 0.15) is 28.8 Å². The third-order valence-corrected chi connectivity index (χ3v) is 4.52. The maximum atomic E-state index is 12.2. The van der Waals surface area contributed by atoms with Gasteiger partial charge in [0.1, 0.15) is 11.5 Å². The molecule has 3 rings (SSSR count). The van der Waals surface area contributed by atoms with Crippen molar-refractivity contribution in [3.05, 3.63) is 55.9 Å². The van der Waals surface area contributed by atoms with Crippen LogP contribution in [0.15, 0.2) is 35.1 Å². The first kappa shape index (κ1) is 12.9. The van der Waals surface area contributed by atoms with Gasteiger partial charge in [0.25, 0.3) is 0 Å². The lowest BCUT2D eigenvalue weighted by Crippen LogP contribution is -2.15. The monoisotopic (exact) mass is 288 g/mol. The fraction of sp³-hybridized carbons (Fsp3) is 0.200. The fourth-order valence-electron chi connectivity index (χ4n) is 2.16. The second-order valence-corrected chi connectivity index (χ2v) is 5.77. The van der Waals surface area contributed by atoms with Gasteiger partial charge < -0.3 is 9.84 Å². The smallest absolute Gasteiger partial charge is 0.311 e. The van der Waals surface area contributed by atoms with E-state index < -0.39 is 11.9 Å². The van der Waals surface area contributed by atoms with E-state index in [9.17, 15) is 9.59 Å². The molecule has 0 saturated heterocycles. The Bertz CT molecular complexity index is 748. The highest BCUT2D eigenvalue weighted by atomic mass is 32.1. The van der Waals surface area contributed by atoms with E-state index in [1.807, 2.05) is 24.3 Å². The van der Waals surface area contributed by atoms with Gasteiger partial charge >= 0.3 is 5.97 Å². The topological polar surface area (TPSA) is 63.6 Å². The van der Waals surface area contributed by atoms with Crippen LogP contribution in [-0.4, -0.2) is 11.1 Å². The Balaban J connectivity index is 2.08. The Kier molecular flexibility index (Phi) is 3.06. The minimum Gasteiger partial charge on any atom is -0.481 e. The lowest BCUT2D eigenvalue weighted by atomic mass is 10.0. The lowest BCUT2D eigenvalue weighted by molar-refractivity contribution is -0.138. The molecule has 102 valence electrons. The second-order valence-electron chi connectivity index (χ2n) is 4.73. The fourth-order valence-corrected chi connectivity index (χ4v) is 3.11. The van der Waals surface area contributed by atoms with Crippen LogP contribution in [0.3, 0.4) is 0 Å². The summed E-state index contributed by atoms with van der Waals surface area (Å²) in [7, 11) is 0. The van der Waals surface area contributed by atoms with E-state index in [1.54, 1.807) is 13.0 Å². The maximum Gasteiger partial charge on any atom is 0.311 e. The van der Waals surface area contributed by atoms with Gasteiger partial charge in [-0.05, 0) is 24.6 Å². The average Bonchev–Trinajstić information content (AvgIpc) is 2.44. The van der Waals surface area contributed by atoms with Crippen LogP contribution in [0.4, 0.5) is 0 Å². The summed E-state index contributed by atoms with van der Waals surface area (Å²) in [4.78, 5) is 23.7. The summed E-state index contributed by atoms with van der Waals surface area (Å²) < 4.78 is 5.62. The van der Waals surface area contributed by atoms with E-state index in [-0.39, 0.29) is 4.74 Å². The van der Waals surface area contributed by atoms with Crippen molar-refractivity contribution in [2.75, 3.05) is 0 Å². The van der Waals surface area contributed by atoms with Crippen LogP contribution in [0, 0.1) is 0 Å². The van der Waals surface area contributed by atoms with Crippen LogP contribution in [0.5, 0.6) is 11.5 Å². The van der Waals surface area contributed by atoms with Crippen molar-refractivity contribution in [1.82, 2.24) is 0 Å². The normalized spacial score (nSPS) is 13.8. The Morgan fingerprint density at radius 1 is 1.35 bits per heavy atom. The number of para-hydroxylation sites is 1. The van der Waals surface area contributed by atoms with Crippen LogP contribution in [0.2, 0.25) is 0 Å². The number of hydrogen-bond acceptors (Lipinski definition) is 4. The van der Waals surface area contributed by atoms with Crippen molar-refractivity contribution < 1.29 is 14.6 Å². The molecule has 5 heteroatoms. The summed E-state index contributed by atoms with van der Waals surface area (Å²) in [6.45, 7) is 1.57. The minimum absolute atomic E-state index is 0.125. The lowest BCUT2D eigenvalue weighted by Gasteiger charge is -2.20. The molecule has 0 amide bonds. The molecule has 0 fully saturated rings. The van der Waals surface area contributed by atoms with Crippen molar-refractivity contribution in [2.24, 2.45) is 0 Å². The molecule has 1 aromatic carbocycles. The first-order chi connectivity index (χ1) is 9.56. The van der Waals surface area contributed by atoms with Crippen molar-refractivity contribution in [3.63, 3.8) is 0 Å². The first-order valence-corrected chi connectivity index (χ1v) is 7.03. The van der Waals surface area contributed by atoms with Crippen molar-refractivity contribution >= 4 is 17.3 Å². The van der Waals surface area contributed by atoms with Gasteiger partial charge in [-0.2, -0.15) is 0 Å². The molecule has 2 heterocycles. The van der Waals surface area contributed by atoms with Gasteiger partial charge in [-0.25, -0.2) is 0 Å². The van der Waals surface area contributed by atoms with Crippen LogP contribution >= 0.6 is 11.3 Å². The molecule has 0 spiro atoms. The third-order valence-electron chi connectivity index (χ3n) is 3.38. The highest BCUT2D eigenvalue weighted by Crippen LogP contribution is 2.37. The zero-order valence-electron chi connectivity index (χ0n) is 10.8. The highest BCUT2D eigenvalue weighted by Gasteiger charge is 2.23. The molecule has 1 atom stereocenters. The predicted molar refractivity (Wildman–Crippen MR) is 76.0 cm³/mol. The molecule has 1 aliphatic heterocycles. The largest absolute Gasteiger partial charge is 0.481 e. The van der Waals surface area contributed by atoms with Gasteiger partial charge in [-0.15, -0.1) is 0 Å². The summed E-state index contributed by atoms with van der Waals surface area (Å²) in [6, 6.07) is 9.22. The summed E-state index contributed by atoms with van der Waals surface area (Å²) >= 11 is 0.987. The van der Waals surface area contributed by atoms with Crippen molar-refractivity contribution in [3.8, 4) is 11.5 Å². The van der Waals surface area contributed by atoms with E-state index in [0.29, 0.717) is 22.6 Å². The van der Waals surface area contributed by atoms with Crippen LogP contribution in [0.25, 0.3) is 0 Å². The zero-order chi connectivity index (χ0) is 14.3. The van der Waals surface area contributed by atoms with Gasteiger partial charge in [-0.1, -0.05) is 29.5 Å². The number of carboxylic acids is 1. The number of hydrogen-bond donors (Lipinski definition) is 1. The summed E-state index contributed by atoms with van der Waals surface area (Å²) in [5.41, 5.74) is 1.58. The van der Waals surface area contributed by atoms with Gasteiger partial charge in [-0.3, -0.25) is 9.59 Å². The second kappa shape index (κ2) is 4.76. The standard InChI is InChI=1S/C15H12O4S/c1-8(14(16)17)13-7-12-10(15(18)20-13)6-9-4-2-3-5-11(9)19-12/h2-5,7-8H,6H2,1H3,(H,16,17). The van der Waals surface area contributed by atoms with Gasteiger partial charge in [0.15, 0.2) is 0 Å². The number of carboxylic acid groups (broad SMARTS) is 1. The summed E-state index contributed by atoms with van der Waals surface area (Å²) in [5, 5.41) is 9.05. The molecule has 1 aliphatic rings. The van der Waals surface area contributed by atoms with Crippen LogP contribution < -0.4 is 9.48 Å². The van der Waals surface area contributed by atoms with Crippen LogP contribution in [-0.2, 0) is 11.2 Å².